The SMILES string of the molecule is Nc1cc2c(cc1C1CC(=O)Nc3c1ccc1ccccc31)OCO2. The van der Waals surface area contributed by atoms with E-state index >= 15 is 0 Å². The van der Waals surface area contributed by atoms with E-state index < -0.39 is 0 Å². The maximum Gasteiger partial charge on any atom is 0.231 e. The van der Waals surface area contributed by atoms with Gasteiger partial charge in [-0.1, -0.05) is 36.4 Å². The van der Waals surface area contributed by atoms with Gasteiger partial charge in [0, 0.05) is 29.5 Å². The van der Waals surface area contributed by atoms with Gasteiger partial charge in [0.1, 0.15) is 0 Å². The standard InChI is InChI=1S/C20H16N2O3/c21-16-9-18-17(24-10-25-18)7-15(16)14-8-19(23)22-20-12-4-2-1-3-11(12)5-6-13(14)20/h1-7,9,14H,8,10,21H2,(H,22,23). The van der Waals surface area contributed by atoms with Crippen LogP contribution in [0.15, 0.2) is 48.5 Å². The summed E-state index contributed by atoms with van der Waals surface area (Å²) in [7, 11) is 0. The predicted molar refractivity (Wildman–Crippen MR) is 96.0 cm³/mol. The molecule has 0 fully saturated rings. The molecule has 1 unspecified atom stereocenters. The number of carbonyl (C=O) groups excluding carboxylic acids is 1. The minimum absolute atomic E-state index is 0.00841. The third-order valence-corrected chi connectivity index (χ3v) is 4.94. The lowest BCUT2D eigenvalue weighted by Gasteiger charge is -2.28. The van der Waals surface area contributed by atoms with Crippen LogP contribution < -0.4 is 20.5 Å². The van der Waals surface area contributed by atoms with Crippen molar-refractivity contribution >= 4 is 28.1 Å². The van der Waals surface area contributed by atoms with Crippen molar-refractivity contribution in [1.29, 1.82) is 0 Å². The van der Waals surface area contributed by atoms with Crippen LogP contribution in [0.1, 0.15) is 23.5 Å². The van der Waals surface area contributed by atoms with Gasteiger partial charge >= 0.3 is 0 Å². The minimum Gasteiger partial charge on any atom is -0.454 e. The summed E-state index contributed by atoms with van der Waals surface area (Å²) in [5.41, 5.74) is 9.73. The van der Waals surface area contributed by atoms with Crippen LogP contribution in [0.2, 0.25) is 0 Å². The van der Waals surface area contributed by atoms with Gasteiger partial charge in [-0.05, 0) is 22.6 Å². The molecule has 0 saturated carbocycles. The van der Waals surface area contributed by atoms with Crippen molar-refractivity contribution in [3.05, 3.63) is 59.7 Å². The third kappa shape index (κ3) is 2.12. The van der Waals surface area contributed by atoms with E-state index in [4.69, 9.17) is 15.2 Å². The number of nitrogen functional groups attached to an aromatic ring is 1. The Morgan fingerprint density at radius 2 is 1.80 bits per heavy atom. The molecular formula is C20H16N2O3. The third-order valence-electron chi connectivity index (χ3n) is 4.94. The molecule has 1 atom stereocenters. The molecule has 0 aliphatic carbocycles. The van der Waals surface area contributed by atoms with Gasteiger partial charge in [-0.2, -0.15) is 0 Å². The average molecular weight is 332 g/mol. The number of nitrogens with one attached hydrogen (secondary N) is 1. The fourth-order valence-corrected chi connectivity index (χ4v) is 3.76. The Labute approximate surface area is 144 Å². The largest absolute Gasteiger partial charge is 0.454 e. The van der Waals surface area contributed by atoms with Gasteiger partial charge in [0.15, 0.2) is 11.5 Å². The van der Waals surface area contributed by atoms with Gasteiger partial charge in [-0.25, -0.2) is 0 Å². The molecule has 5 rings (SSSR count). The van der Waals surface area contributed by atoms with Crippen molar-refractivity contribution < 1.29 is 14.3 Å². The number of nitrogens with two attached hydrogens (primary N) is 1. The Balaban J connectivity index is 1.72. The monoisotopic (exact) mass is 332 g/mol. The van der Waals surface area contributed by atoms with Gasteiger partial charge in [0.25, 0.3) is 0 Å². The lowest BCUT2D eigenvalue weighted by molar-refractivity contribution is -0.116. The van der Waals surface area contributed by atoms with Crippen LogP contribution in [0.3, 0.4) is 0 Å². The van der Waals surface area contributed by atoms with Crippen LogP contribution in [0.4, 0.5) is 11.4 Å². The van der Waals surface area contributed by atoms with E-state index in [1.54, 1.807) is 6.07 Å². The zero-order valence-corrected chi connectivity index (χ0v) is 13.4. The van der Waals surface area contributed by atoms with Crippen molar-refractivity contribution in [3.63, 3.8) is 0 Å². The average Bonchev–Trinajstić information content (AvgIpc) is 3.07. The second-order valence-electron chi connectivity index (χ2n) is 6.39. The van der Waals surface area contributed by atoms with E-state index in [1.807, 2.05) is 30.3 Å². The zero-order chi connectivity index (χ0) is 17.0. The van der Waals surface area contributed by atoms with Crippen LogP contribution in [-0.2, 0) is 4.79 Å². The maximum absolute atomic E-state index is 12.4. The second kappa shape index (κ2) is 5.14. The number of carbonyl (C=O) groups is 1. The van der Waals surface area contributed by atoms with Crippen LogP contribution >= 0.6 is 0 Å². The first-order chi connectivity index (χ1) is 12.2. The zero-order valence-electron chi connectivity index (χ0n) is 13.4. The summed E-state index contributed by atoms with van der Waals surface area (Å²) in [5.74, 6) is 1.21. The molecule has 5 heteroatoms. The Morgan fingerprint density at radius 3 is 2.68 bits per heavy atom. The van der Waals surface area contributed by atoms with E-state index in [1.165, 1.54) is 0 Å². The van der Waals surface area contributed by atoms with Crippen molar-refractivity contribution in [2.24, 2.45) is 0 Å². The first kappa shape index (κ1) is 14.2. The van der Waals surface area contributed by atoms with Crippen molar-refractivity contribution in [2.75, 3.05) is 17.8 Å². The molecule has 3 aromatic rings. The predicted octanol–water partition coefficient (Wildman–Crippen LogP) is 3.62. The molecule has 25 heavy (non-hydrogen) atoms. The van der Waals surface area contributed by atoms with Crippen LogP contribution in [0.5, 0.6) is 11.5 Å². The van der Waals surface area contributed by atoms with Gasteiger partial charge in [-0.3, -0.25) is 4.79 Å². The quantitative estimate of drug-likeness (QED) is 0.668. The number of amides is 1. The summed E-state index contributed by atoms with van der Waals surface area (Å²) in [6.45, 7) is 0.199. The molecule has 2 heterocycles. The molecule has 2 aliphatic rings. The fraction of sp³-hybridized carbons (Fsp3) is 0.150. The molecule has 124 valence electrons. The number of benzene rings is 3. The topological polar surface area (TPSA) is 73.6 Å². The highest BCUT2D eigenvalue weighted by molar-refractivity contribution is 6.06. The molecule has 1 amide bonds. The minimum atomic E-state index is -0.108. The summed E-state index contributed by atoms with van der Waals surface area (Å²) in [6.07, 6.45) is 0.356. The maximum atomic E-state index is 12.4. The number of hydrogen-bond acceptors (Lipinski definition) is 4. The molecule has 0 aromatic heterocycles. The molecule has 0 spiro atoms. The van der Waals surface area contributed by atoms with E-state index in [2.05, 4.69) is 17.4 Å². The molecule has 3 N–H and O–H groups in total. The Kier molecular flexibility index (Phi) is 2.91. The number of rotatable bonds is 1. The smallest absolute Gasteiger partial charge is 0.231 e. The second-order valence-corrected chi connectivity index (χ2v) is 6.39. The highest BCUT2D eigenvalue weighted by Crippen LogP contribution is 2.46. The normalized spacial score (nSPS) is 18.1. The van der Waals surface area contributed by atoms with Crippen LogP contribution in [0, 0.1) is 0 Å². The lowest BCUT2D eigenvalue weighted by atomic mass is 9.82. The molecule has 0 bridgehead atoms. The Morgan fingerprint density at radius 1 is 1.00 bits per heavy atom. The molecule has 0 radical (unpaired) electrons. The summed E-state index contributed by atoms with van der Waals surface area (Å²) < 4.78 is 10.9. The number of hydrogen-bond donors (Lipinski definition) is 2. The van der Waals surface area contributed by atoms with E-state index in [9.17, 15) is 4.79 Å². The molecule has 5 nitrogen and oxygen atoms in total. The Bertz CT molecular complexity index is 1030. The highest BCUT2D eigenvalue weighted by Gasteiger charge is 2.30. The molecule has 0 saturated heterocycles. The van der Waals surface area contributed by atoms with Gasteiger partial charge < -0.3 is 20.5 Å². The Hall–Kier alpha value is -3.21. The first-order valence-electron chi connectivity index (χ1n) is 8.21. The van der Waals surface area contributed by atoms with Crippen LogP contribution in [0.25, 0.3) is 10.8 Å². The van der Waals surface area contributed by atoms with Crippen molar-refractivity contribution in [2.45, 2.75) is 12.3 Å². The van der Waals surface area contributed by atoms with E-state index in [0.717, 1.165) is 27.6 Å². The van der Waals surface area contributed by atoms with Gasteiger partial charge in [-0.15, -0.1) is 0 Å². The van der Waals surface area contributed by atoms with E-state index in [-0.39, 0.29) is 18.6 Å². The summed E-state index contributed by atoms with van der Waals surface area (Å²) in [6, 6.07) is 15.9. The lowest BCUT2D eigenvalue weighted by Crippen LogP contribution is -2.24. The fourth-order valence-electron chi connectivity index (χ4n) is 3.76. The number of fused-ring (bicyclic) bond motifs is 4. The number of ether oxygens (including phenoxy) is 2. The number of anilines is 2. The first-order valence-corrected chi connectivity index (χ1v) is 8.21. The summed E-state index contributed by atoms with van der Waals surface area (Å²) in [4.78, 5) is 12.4. The summed E-state index contributed by atoms with van der Waals surface area (Å²) >= 11 is 0. The van der Waals surface area contributed by atoms with Crippen molar-refractivity contribution in [3.8, 4) is 11.5 Å². The van der Waals surface area contributed by atoms with E-state index in [0.29, 0.717) is 23.6 Å². The highest BCUT2D eigenvalue weighted by atomic mass is 16.7. The molecular weight excluding hydrogens is 316 g/mol. The van der Waals surface area contributed by atoms with Crippen LogP contribution in [-0.4, -0.2) is 12.7 Å². The van der Waals surface area contributed by atoms with Gasteiger partial charge in [0.2, 0.25) is 12.7 Å². The van der Waals surface area contributed by atoms with Gasteiger partial charge in [0.05, 0.1) is 5.69 Å². The summed E-state index contributed by atoms with van der Waals surface area (Å²) in [5, 5.41) is 5.18. The van der Waals surface area contributed by atoms with Crippen molar-refractivity contribution in [1.82, 2.24) is 0 Å². The molecule has 3 aromatic carbocycles. The molecule has 2 aliphatic heterocycles.